The molecule has 0 bridgehead atoms. The molecule has 2 aliphatic rings. The second kappa shape index (κ2) is 6.04. The van der Waals surface area contributed by atoms with Crippen LogP contribution in [0.2, 0.25) is 0 Å². The molecule has 0 aliphatic carbocycles. The summed E-state index contributed by atoms with van der Waals surface area (Å²) in [7, 11) is 0. The standard InChI is InChI=1S/C16H20FN3O2/c1-11-16(22)20-8-4-5-12(20)9-19(11)10-15(21)18-14-7-3-2-6-13(14)17/h2-3,6-7,11-12H,4-5,8-10H2,1H3,(H,18,21)/t11-,12+/m1/s1. The maximum atomic E-state index is 13.6. The Morgan fingerprint density at radius 3 is 2.95 bits per heavy atom. The van der Waals surface area contributed by atoms with Crippen molar-refractivity contribution in [3.05, 3.63) is 30.1 Å². The van der Waals surface area contributed by atoms with Crippen molar-refractivity contribution in [2.24, 2.45) is 0 Å². The second-order valence-electron chi connectivity index (χ2n) is 5.96. The molecule has 2 heterocycles. The molecular weight excluding hydrogens is 285 g/mol. The van der Waals surface area contributed by atoms with Crippen LogP contribution in [0.15, 0.2) is 24.3 Å². The van der Waals surface area contributed by atoms with Crippen LogP contribution in [0.25, 0.3) is 0 Å². The Kier molecular flexibility index (Phi) is 4.11. The minimum absolute atomic E-state index is 0.0902. The first-order valence-electron chi connectivity index (χ1n) is 7.65. The van der Waals surface area contributed by atoms with Crippen molar-refractivity contribution in [2.75, 3.05) is 25.0 Å². The van der Waals surface area contributed by atoms with E-state index in [4.69, 9.17) is 0 Å². The molecule has 2 amide bonds. The van der Waals surface area contributed by atoms with Gasteiger partial charge in [0.15, 0.2) is 0 Å². The molecule has 1 aromatic rings. The number of para-hydroxylation sites is 1. The first-order valence-corrected chi connectivity index (χ1v) is 7.65. The fourth-order valence-corrected chi connectivity index (χ4v) is 3.28. The lowest BCUT2D eigenvalue weighted by molar-refractivity contribution is -0.143. The summed E-state index contributed by atoms with van der Waals surface area (Å²) in [6.45, 7) is 3.46. The molecule has 0 aromatic heterocycles. The molecule has 0 unspecified atom stereocenters. The van der Waals surface area contributed by atoms with Gasteiger partial charge in [-0.1, -0.05) is 12.1 Å². The third kappa shape index (κ3) is 2.83. The van der Waals surface area contributed by atoms with Crippen LogP contribution in [0.3, 0.4) is 0 Å². The first-order chi connectivity index (χ1) is 10.6. The molecule has 118 valence electrons. The highest BCUT2D eigenvalue weighted by Crippen LogP contribution is 2.25. The van der Waals surface area contributed by atoms with E-state index in [1.165, 1.54) is 12.1 Å². The number of hydrogen-bond donors (Lipinski definition) is 1. The Hall–Kier alpha value is -1.95. The van der Waals surface area contributed by atoms with Crippen LogP contribution in [-0.4, -0.2) is 53.3 Å². The molecule has 3 rings (SSSR count). The predicted molar refractivity (Wildman–Crippen MR) is 80.8 cm³/mol. The third-order valence-electron chi connectivity index (χ3n) is 4.51. The lowest BCUT2D eigenvalue weighted by Gasteiger charge is -2.41. The monoisotopic (exact) mass is 305 g/mol. The van der Waals surface area contributed by atoms with E-state index < -0.39 is 5.82 Å². The lowest BCUT2D eigenvalue weighted by Crippen LogP contribution is -2.59. The van der Waals surface area contributed by atoms with Gasteiger partial charge in [-0.25, -0.2) is 4.39 Å². The van der Waals surface area contributed by atoms with E-state index in [0.717, 1.165) is 19.4 Å². The van der Waals surface area contributed by atoms with E-state index in [2.05, 4.69) is 5.32 Å². The largest absolute Gasteiger partial charge is 0.337 e. The van der Waals surface area contributed by atoms with E-state index in [9.17, 15) is 14.0 Å². The SMILES string of the molecule is C[C@@H]1C(=O)N2CCC[C@H]2CN1CC(=O)Nc1ccccc1F. The first kappa shape index (κ1) is 15.0. The molecule has 2 atom stereocenters. The van der Waals surface area contributed by atoms with Gasteiger partial charge in [-0.15, -0.1) is 0 Å². The van der Waals surface area contributed by atoms with Crippen molar-refractivity contribution in [1.82, 2.24) is 9.80 Å². The molecule has 6 heteroatoms. The number of carbonyl (C=O) groups is 2. The van der Waals surface area contributed by atoms with Crippen LogP contribution < -0.4 is 5.32 Å². The summed E-state index contributed by atoms with van der Waals surface area (Å²) in [5.41, 5.74) is 0.172. The minimum Gasteiger partial charge on any atom is -0.337 e. The van der Waals surface area contributed by atoms with Crippen molar-refractivity contribution in [1.29, 1.82) is 0 Å². The summed E-state index contributed by atoms with van der Waals surface area (Å²) < 4.78 is 13.6. The van der Waals surface area contributed by atoms with Gasteiger partial charge in [0.2, 0.25) is 11.8 Å². The molecule has 0 spiro atoms. The van der Waals surface area contributed by atoms with Crippen molar-refractivity contribution in [3.63, 3.8) is 0 Å². The maximum absolute atomic E-state index is 13.6. The predicted octanol–water partition coefficient (Wildman–Crippen LogP) is 1.46. The Morgan fingerprint density at radius 1 is 1.41 bits per heavy atom. The Balaban J connectivity index is 1.64. The highest BCUT2D eigenvalue weighted by molar-refractivity contribution is 5.93. The van der Waals surface area contributed by atoms with Gasteiger partial charge in [-0.2, -0.15) is 0 Å². The second-order valence-corrected chi connectivity index (χ2v) is 5.96. The molecule has 2 saturated heterocycles. The van der Waals surface area contributed by atoms with Gasteiger partial charge < -0.3 is 10.2 Å². The number of benzene rings is 1. The Morgan fingerprint density at radius 2 is 2.18 bits per heavy atom. The number of nitrogens with one attached hydrogen (secondary N) is 1. The average Bonchev–Trinajstić information content (AvgIpc) is 2.95. The number of anilines is 1. The number of rotatable bonds is 3. The van der Waals surface area contributed by atoms with Crippen molar-refractivity contribution >= 4 is 17.5 Å². The molecule has 2 fully saturated rings. The molecular formula is C16H20FN3O2. The highest BCUT2D eigenvalue weighted by atomic mass is 19.1. The number of hydrogen-bond acceptors (Lipinski definition) is 3. The van der Waals surface area contributed by atoms with Crippen molar-refractivity contribution in [2.45, 2.75) is 31.8 Å². The van der Waals surface area contributed by atoms with Crippen LogP contribution in [0, 0.1) is 5.82 Å². The van der Waals surface area contributed by atoms with Crippen LogP contribution in [0.5, 0.6) is 0 Å². The topological polar surface area (TPSA) is 52.7 Å². The molecule has 5 nitrogen and oxygen atoms in total. The molecule has 0 saturated carbocycles. The molecule has 1 aromatic carbocycles. The van der Waals surface area contributed by atoms with Crippen LogP contribution in [0.1, 0.15) is 19.8 Å². The zero-order valence-corrected chi connectivity index (χ0v) is 12.6. The van der Waals surface area contributed by atoms with Gasteiger partial charge >= 0.3 is 0 Å². The number of amides is 2. The zero-order valence-electron chi connectivity index (χ0n) is 12.6. The summed E-state index contributed by atoms with van der Waals surface area (Å²) in [5.74, 6) is -0.663. The zero-order chi connectivity index (χ0) is 15.7. The fraction of sp³-hybridized carbons (Fsp3) is 0.500. The molecule has 1 N–H and O–H groups in total. The number of fused-ring (bicyclic) bond motifs is 1. The van der Waals surface area contributed by atoms with Gasteiger partial charge in [-0.05, 0) is 31.9 Å². The Labute approximate surface area is 129 Å². The minimum atomic E-state index is -0.458. The van der Waals surface area contributed by atoms with Gasteiger partial charge in [0.05, 0.1) is 18.3 Å². The Bertz CT molecular complexity index is 593. The van der Waals surface area contributed by atoms with E-state index in [-0.39, 0.29) is 36.1 Å². The molecule has 0 radical (unpaired) electrons. The van der Waals surface area contributed by atoms with Gasteiger partial charge in [0.1, 0.15) is 5.82 Å². The summed E-state index contributed by atoms with van der Waals surface area (Å²) in [5, 5.41) is 2.57. The number of piperazine rings is 1. The van der Waals surface area contributed by atoms with Gasteiger partial charge in [-0.3, -0.25) is 14.5 Å². The summed E-state index contributed by atoms with van der Waals surface area (Å²) in [6, 6.07) is 5.98. The van der Waals surface area contributed by atoms with E-state index in [0.29, 0.717) is 6.54 Å². The quantitative estimate of drug-likeness (QED) is 0.920. The number of nitrogens with zero attached hydrogens (tertiary/aromatic N) is 2. The van der Waals surface area contributed by atoms with Crippen LogP contribution in [-0.2, 0) is 9.59 Å². The smallest absolute Gasteiger partial charge is 0.239 e. The number of halogens is 1. The van der Waals surface area contributed by atoms with E-state index >= 15 is 0 Å². The highest BCUT2D eigenvalue weighted by Gasteiger charge is 2.40. The number of carbonyl (C=O) groups excluding carboxylic acids is 2. The van der Waals surface area contributed by atoms with Gasteiger partial charge in [0, 0.05) is 19.1 Å². The van der Waals surface area contributed by atoms with E-state index in [1.54, 1.807) is 12.1 Å². The summed E-state index contributed by atoms with van der Waals surface area (Å²) in [4.78, 5) is 28.2. The summed E-state index contributed by atoms with van der Waals surface area (Å²) >= 11 is 0. The maximum Gasteiger partial charge on any atom is 0.239 e. The third-order valence-corrected chi connectivity index (χ3v) is 4.51. The normalized spacial score (nSPS) is 25.2. The molecule has 22 heavy (non-hydrogen) atoms. The molecule has 2 aliphatic heterocycles. The lowest BCUT2D eigenvalue weighted by atomic mass is 10.1. The van der Waals surface area contributed by atoms with Crippen molar-refractivity contribution < 1.29 is 14.0 Å². The van der Waals surface area contributed by atoms with Crippen molar-refractivity contribution in [3.8, 4) is 0 Å². The fourth-order valence-electron chi connectivity index (χ4n) is 3.28. The van der Waals surface area contributed by atoms with E-state index in [1.807, 2.05) is 16.7 Å². The summed E-state index contributed by atoms with van der Waals surface area (Å²) in [6.07, 6.45) is 2.02. The average molecular weight is 305 g/mol. The van der Waals surface area contributed by atoms with Gasteiger partial charge in [0.25, 0.3) is 0 Å². The van der Waals surface area contributed by atoms with Crippen LogP contribution in [0.4, 0.5) is 10.1 Å². The van der Waals surface area contributed by atoms with Crippen LogP contribution >= 0.6 is 0 Å².